The molecule has 0 fully saturated rings. The first-order valence-electron chi connectivity index (χ1n) is 4.77. The number of hydrogen-bond donors (Lipinski definition) is 2. The molecule has 2 aromatic rings. The summed E-state index contributed by atoms with van der Waals surface area (Å²) in [6.07, 6.45) is 0. The van der Waals surface area contributed by atoms with Crippen LogP contribution in [0.25, 0.3) is 0 Å². The van der Waals surface area contributed by atoms with Gasteiger partial charge in [-0.3, -0.25) is 0 Å². The molecule has 0 saturated heterocycles. The lowest BCUT2D eigenvalue weighted by molar-refractivity contribution is 0.0692. The van der Waals surface area contributed by atoms with Gasteiger partial charge in [-0.15, -0.1) is 10.2 Å². The number of nitrogen functional groups attached to an aromatic ring is 1. The number of nitrogens with zero attached hydrogens (tertiary/aromatic N) is 2. The predicted octanol–water partition coefficient (Wildman–Crippen LogP) is 2.42. The number of carboxylic acid groups (broad SMARTS) is 1. The summed E-state index contributed by atoms with van der Waals surface area (Å²) in [5.41, 5.74) is 5.45. The third-order valence-electron chi connectivity index (χ3n) is 2.03. The van der Waals surface area contributed by atoms with E-state index in [1.165, 1.54) is 11.3 Å². The van der Waals surface area contributed by atoms with Crippen molar-refractivity contribution in [2.75, 3.05) is 5.73 Å². The standard InChI is InChI=1S/C10H8FN3O2S2/c1-4-13-14-10(17-4)18-8-3-6(11)5(9(15)16)2-7(8)12/h2-3H,12H2,1H3,(H,15,16). The third-order valence-corrected chi connectivity index (χ3v) is 4.00. The number of rotatable bonds is 3. The van der Waals surface area contributed by atoms with E-state index in [1.54, 1.807) is 6.92 Å². The van der Waals surface area contributed by atoms with Crippen LogP contribution >= 0.6 is 23.1 Å². The summed E-state index contributed by atoms with van der Waals surface area (Å²) in [5, 5.41) is 17.2. The highest BCUT2D eigenvalue weighted by molar-refractivity contribution is 8.01. The van der Waals surface area contributed by atoms with Crippen LogP contribution in [0.3, 0.4) is 0 Å². The zero-order chi connectivity index (χ0) is 13.3. The molecule has 5 nitrogen and oxygen atoms in total. The fourth-order valence-electron chi connectivity index (χ4n) is 1.24. The third kappa shape index (κ3) is 2.59. The highest BCUT2D eigenvalue weighted by Crippen LogP contribution is 2.35. The first kappa shape index (κ1) is 12.8. The molecule has 3 N–H and O–H groups in total. The van der Waals surface area contributed by atoms with E-state index in [9.17, 15) is 9.18 Å². The Morgan fingerprint density at radius 1 is 1.50 bits per heavy atom. The minimum Gasteiger partial charge on any atom is -0.478 e. The molecule has 1 aromatic carbocycles. The van der Waals surface area contributed by atoms with Gasteiger partial charge in [-0.05, 0) is 19.1 Å². The number of aromatic carboxylic acids is 1. The minimum atomic E-state index is -1.34. The summed E-state index contributed by atoms with van der Waals surface area (Å²) in [5.74, 6) is -2.16. The fourth-order valence-corrected chi connectivity index (χ4v) is 3.06. The van der Waals surface area contributed by atoms with Gasteiger partial charge < -0.3 is 10.8 Å². The molecular formula is C10H8FN3O2S2. The van der Waals surface area contributed by atoms with Crippen LogP contribution in [0.5, 0.6) is 0 Å². The number of nitrogens with two attached hydrogens (primary N) is 1. The van der Waals surface area contributed by atoms with Crippen molar-refractivity contribution >= 4 is 34.8 Å². The second-order valence-electron chi connectivity index (χ2n) is 3.36. The predicted molar refractivity (Wildman–Crippen MR) is 66.5 cm³/mol. The van der Waals surface area contributed by atoms with Gasteiger partial charge in [0.05, 0.1) is 5.56 Å². The van der Waals surface area contributed by atoms with Gasteiger partial charge in [-0.1, -0.05) is 23.1 Å². The Hall–Kier alpha value is -1.67. The van der Waals surface area contributed by atoms with Crippen LogP contribution < -0.4 is 5.73 Å². The lowest BCUT2D eigenvalue weighted by atomic mass is 10.2. The molecule has 0 radical (unpaired) electrons. The molecule has 94 valence electrons. The number of anilines is 1. The molecule has 0 unspecified atom stereocenters. The van der Waals surface area contributed by atoms with Gasteiger partial charge in [0.1, 0.15) is 10.8 Å². The molecule has 0 aliphatic heterocycles. The first-order chi connectivity index (χ1) is 8.47. The summed E-state index contributed by atoms with van der Waals surface area (Å²) >= 11 is 2.51. The largest absolute Gasteiger partial charge is 0.478 e. The molecule has 2 rings (SSSR count). The van der Waals surface area contributed by atoms with Crippen molar-refractivity contribution in [2.45, 2.75) is 16.2 Å². The second kappa shape index (κ2) is 4.91. The summed E-state index contributed by atoms with van der Waals surface area (Å²) < 4.78 is 14.1. The van der Waals surface area contributed by atoms with Crippen LogP contribution in [0.2, 0.25) is 0 Å². The van der Waals surface area contributed by atoms with Gasteiger partial charge in [0.15, 0.2) is 4.34 Å². The van der Waals surface area contributed by atoms with E-state index >= 15 is 0 Å². The lowest BCUT2D eigenvalue weighted by Gasteiger charge is -2.05. The average molecular weight is 285 g/mol. The Kier molecular flexibility index (Phi) is 3.48. The van der Waals surface area contributed by atoms with Crippen molar-refractivity contribution < 1.29 is 14.3 Å². The first-order valence-corrected chi connectivity index (χ1v) is 6.41. The Morgan fingerprint density at radius 3 is 2.78 bits per heavy atom. The molecule has 0 saturated carbocycles. The Labute approximate surface area is 110 Å². The van der Waals surface area contributed by atoms with Gasteiger partial charge in [-0.2, -0.15) is 0 Å². The van der Waals surface area contributed by atoms with E-state index in [0.717, 1.165) is 28.9 Å². The maximum Gasteiger partial charge on any atom is 0.338 e. The van der Waals surface area contributed by atoms with E-state index in [-0.39, 0.29) is 5.69 Å². The van der Waals surface area contributed by atoms with Crippen molar-refractivity contribution in [2.24, 2.45) is 0 Å². The van der Waals surface area contributed by atoms with E-state index in [0.29, 0.717) is 9.24 Å². The van der Waals surface area contributed by atoms with Crippen molar-refractivity contribution in [3.05, 3.63) is 28.5 Å². The van der Waals surface area contributed by atoms with Crippen LogP contribution in [-0.2, 0) is 0 Å². The monoisotopic (exact) mass is 285 g/mol. The van der Waals surface area contributed by atoms with Gasteiger partial charge in [0.25, 0.3) is 0 Å². The zero-order valence-corrected chi connectivity index (χ0v) is 10.8. The van der Waals surface area contributed by atoms with Crippen LogP contribution in [0.4, 0.5) is 10.1 Å². The zero-order valence-electron chi connectivity index (χ0n) is 9.18. The Bertz CT molecular complexity index is 615. The fraction of sp³-hybridized carbons (Fsp3) is 0.100. The normalized spacial score (nSPS) is 10.6. The number of carbonyl (C=O) groups is 1. The molecule has 1 heterocycles. The number of hydrogen-bond acceptors (Lipinski definition) is 6. The number of carboxylic acids is 1. The maximum atomic E-state index is 13.5. The van der Waals surface area contributed by atoms with E-state index in [2.05, 4.69) is 10.2 Å². The summed E-state index contributed by atoms with van der Waals surface area (Å²) in [6.45, 7) is 1.80. The van der Waals surface area contributed by atoms with Gasteiger partial charge in [0, 0.05) is 10.6 Å². The average Bonchev–Trinajstić information content (AvgIpc) is 2.68. The van der Waals surface area contributed by atoms with Crippen LogP contribution in [0.15, 0.2) is 21.4 Å². The summed E-state index contributed by atoms with van der Waals surface area (Å²) in [6, 6.07) is 2.20. The molecule has 0 amide bonds. The number of halogens is 1. The van der Waals surface area contributed by atoms with Crippen molar-refractivity contribution in [3.8, 4) is 0 Å². The van der Waals surface area contributed by atoms with Crippen LogP contribution in [0, 0.1) is 12.7 Å². The molecule has 0 bridgehead atoms. The molecule has 1 aromatic heterocycles. The summed E-state index contributed by atoms with van der Waals surface area (Å²) in [7, 11) is 0. The molecule has 0 spiro atoms. The highest BCUT2D eigenvalue weighted by atomic mass is 32.2. The maximum absolute atomic E-state index is 13.5. The Morgan fingerprint density at radius 2 is 2.22 bits per heavy atom. The van der Waals surface area contributed by atoms with Crippen molar-refractivity contribution in [1.82, 2.24) is 10.2 Å². The SMILES string of the molecule is Cc1nnc(Sc2cc(F)c(C(=O)O)cc2N)s1. The lowest BCUT2D eigenvalue weighted by Crippen LogP contribution is -2.03. The molecule has 0 aliphatic carbocycles. The Balaban J connectivity index is 2.35. The number of benzene rings is 1. The van der Waals surface area contributed by atoms with Crippen molar-refractivity contribution in [1.29, 1.82) is 0 Å². The molecular weight excluding hydrogens is 277 g/mol. The quantitative estimate of drug-likeness (QED) is 0.842. The van der Waals surface area contributed by atoms with E-state index in [4.69, 9.17) is 10.8 Å². The molecule has 0 aliphatic rings. The van der Waals surface area contributed by atoms with E-state index < -0.39 is 17.3 Å². The minimum absolute atomic E-state index is 0.201. The van der Waals surface area contributed by atoms with Crippen LogP contribution in [-0.4, -0.2) is 21.3 Å². The number of aryl methyl sites for hydroxylation is 1. The van der Waals surface area contributed by atoms with Gasteiger partial charge in [0.2, 0.25) is 0 Å². The summed E-state index contributed by atoms with van der Waals surface area (Å²) in [4.78, 5) is 11.1. The van der Waals surface area contributed by atoms with Gasteiger partial charge in [-0.25, -0.2) is 9.18 Å². The van der Waals surface area contributed by atoms with Crippen molar-refractivity contribution in [3.63, 3.8) is 0 Å². The van der Waals surface area contributed by atoms with E-state index in [1.807, 2.05) is 0 Å². The second-order valence-corrected chi connectivity index (χ2v) is 5.83. The van der Waals surface area contributed by atoms with Gasteiger partial charge >= 0.3 is 5.97 Å². The molecule has 18 heavy (non-hydrogen) atoms. The van der Waals surface area contributed by atoms with Crippen LogP contribution in [0.1, 0.15) is 15.4 Å². The highest BCUT2D eigenvalue weighted by Gasteiger charge is 2.15. The topological polar surface area (TPSA) is 89.1 Å². The smallest absolute Gasteiger partial charge is 0.338 e. The molecule has 8 heteroatoms. The molecule has 0 atom stereocenters. The number of aromatic nitrogens is 2.